The molecule has 0 aromatic carbocycles. The van der Waals surface area contributed by atoms with Crippen molar-refractivity contribution in [3.63, 3.8) is 0 Å². The van der Waals surface area contributed by atoms with E-state index in [0.717, 1.165) is 6.34 Å². The first-order valence-electron chi connectivity index (χ1n) is 4.26. The van der Waals surface area contributed by atoms with Gasteiger partial charge in [-0.05, 0) is 0 Å². The number of halogens is 3. The second-order valence-corrected chi connectivity index (χ2v) is 4.42. The van der Waals surface area contributed by atoms with Gasteiger partial charge in [-0.3, -0.25) is 5.01 Å². The molecule has 0 aromatic heterocycles. The smallest absolute Gasteiger partial charge is 0.275 e. The van der Waals surface area contributed by atoms with Crippen molar-refractivity contribution < 1.29 is 13.2 Å². The monoisotopic (exact) mass is 209 g/mol. The Hall–Kier alpha value is -0.940. The fourth-order valence-corrected chi connectivity index (χ4v) is 1.63. The average molecular weight is 209 g/mol. The van der Waals surface area contributed by atoms with E-state index >= 15 is 0 Å². The maximum Gasteiger partial charge on any atom is 0.487 e. The minimum Gasteiger partial charge on any atom is -0.275 e. The second-order valence-electron chi connectivity index (χ2n) is 4.42. The molecule has 0 N–H and O–H groups in total. The quantitative estimate of drug-likeness (QED) is 0.569. The van der Waals surface area contributed by atoms with E-state index in [1.54, 1.807) is 20.8 Å². The molecule has 14 heavy (non-hydrogen) atoms. The lowest BCUT2D eigenvalue weighted by Crippen LogP contribution is -2.52. The van der Waals surface area contributed by atoms with Crippen molar-refractivity contribution in [1.29, 1.82) is 0 Å². The Balaban J connectivity index is 2.93. The van der Waals surface area contributed by atoms with Gasteiger partial charge in [-0.2, -0.15) is 5.10 Å². The number of hydrogen-bond donors (Lipinski definition) is 0. The van der Waals surface area contributed by atoms with Crippen molar-refractivity contribution in [2.45, 2.75) is 33.2 Å². The van der Waals surface area contributed by atoms with Gasteiger partial charge in [0.15, 0.2) is 0 Å². The first-order valence-corrected chi connectivity index (χ1v) is 4.26. The van der Waals surface area contributed by atoms with E-state index in [1.165, 1.54) is 12.1 Å². The van der Waals surface area contributed by atoms with Crippen LogP contribution < -0.4 is 0 Å². The lowest BCUT2D eigenvalue weighted by Gasteiger charge is -2.38. The highest BCUT2D eigenvalue weighted by molar-refractivity contribution is 5.57. The van der Waals surface area contributed by atoms with E-state index in [0.29, 0.717) is 4.90 Å². The zero-order valence-electron chi connectivity index (χ0n) is 8.63. The molecule has 0 spiro atoms. The first kappa shape index (κ1) is 11.1. The van der Waals surface area contributed by atoms with E-state index in [-0.39, 0.29) is 0 Å². The van der Waals surface area contributed by atoms with Gasteiger partial charge in [0.2, 0.25) is 0 Å². The molecule has 0 radical (unpaired) electrons. The lowest BCUT2D eigenvalue weighted by molar-refractivity contribution is -0.244. The molecule has 0 saturated heterocycles. The summed E-state index contributed by atoms with van der Waals surface area (Å²) in [6.45, 7) is 5.25. The maximum atomic E-state index is 12.5. The van der Waals surface area contributed by atoms with Crippen molar-refractivity contribution in [2.75, 3.05) is 7.05 Å². The Bertz CT molecular complexity index is 241. The minimum atomic E-state index is -4.37. The Labute approximate surface area is 81.2 Å². The number of nitrogens with zero attached hydrogens (tertiary/aromatic N) is 3. The van der Waals surface area contributed by atoms with Crippen LogP contribution in [0.25, 0.3) is 0 Å². The van der Waals surface area contributed by atoms with Gasteiger partial charge in [0.1, 0.15) is 12.5 Å². The molecule has 82 valence electrons. The number of hydrogen-bond acceptors (Lipinski definition) is 3. The lowest BCUT2D eigenvalue weighted by atomic mass is 9.91. The summed E-state index contributed by atoms with van der Waals surface area (Å²) in [5.41, 5.74) is -0.513. The standard InChI is InChI=1S/C8H14F3N3/c1-7(2,3)6-13(4)12-5-14(6)8(9,10)11/h5-6H,1-4H3. The highest BCUT2D eigenvalue weighted by Crippen LogP contribution is 2.35. The molecular formula is C8H14F3N3. The van der Waals surface area contributed by atoms with Crippen molar-refractivity contribution in [1.82, 2.24) is 9.91 Å². The van der Waals surface area contributed by atoms with Crippen LogP contribution in [0.4, 0.5) is 13.2 Å². The van der Waals surface area contributed by atoms with Crippen molar-refractivity contribution in [3.8, 4) is 0 Å². The summed E-state index contributed by atoms with van der Waals surface area (Å²) in [4.78, 5) is 0.326. The number of alkyl halides is 3. The van der Waals surface area contributed by atoms with Gasteiger partial charge < -0.3 is 0 Å². The fraction of sp³-hybridized carbons (Fsp3) is 0.875. The molecule has 0 fully saturated rings. The van der Waals surface area contributed by atoms with Crippen LogP contribution in [-0.4, -0.2) is 35.8 Å². The summed E-state index contributed by atoms with van der Waals surface area (Å²) in [6, 6.07) is 0. The average Bonchev–Trinajstić information content (AvgIpc) is 2.27. The molecule has 0 saturated carbocycles. The fourth-order valence-electron chi connectivity index (χ4n) is 1.63. The van der Waals surface area contributed by atoms with Crippen LogP contribution in [0.2, 0.25) is 0 Å². The van der Waals surface area contributed by atoms with Crippen LogP contribution in [0.15, 0.2) is 5.10 Å². The normalized spacial score (nSPS) is 23.5. The van der Waals surface area contributed by atoms with E-state index in [9.17, 15) is 13.2 Å². The SMILES string of the molecule is CN1N=CN(C(F)(F)F)C1C(C)(C)C. The molecule has 0 bridgehead atoms. The molecule has 3 nitrogen and oxygen atoms in total. The van der Waals surface area contributed by atoms with Crippen molar-refractivity contribution in [3.05, 3.63) is 0 Å². The highest BCUT2D eigenvalue weighted by Gasteiger charge is 2.48. The second kappa shape index (κ2) is 3.03. The molecule has 1 heterocycles. The molecule has 1 rings (SSSR count). The topological polar surface area (TPSA) is 18.8 Å². The maximum absolute atomic E-state index is 12.5. The Morgan fingerprint density at radius 3 is 2.00 bits per heavy atom. The summed E-state index contributed by atoms with van der Waals surface area (Å²) >= 11 is 0. The van der Waals surface area contributed by atoms with Gasteiger partial charge in [-0.25, -0.2) is 4.90 Å². The van der Waals surface area contributed by atoms with E-state index in [1.807, 2.05) is 0 Å². The molecule has 0 amide bonds. The van der Waals surface area contributed by atoms with Gasteiger partial charge in [0.25, 0.3) is 0 Å². The zero-order chi connectivity index (χ0) is 11.1. The van der Waals surface area contributed by atoms with Crippen LogP contribution in [0, 0.1) is 5.41 Å². The third kappa shape index (κ3) is 1.93. The molecule has 1 unspecified atom stereocenters. The molecule has 1 aliphatic heterocycles. The van der Waals surface area contributed by atoms with Gasteiger partial charge in [0, 0.05) is 12.5 Å². The summed E-state index contributed by atoms with van der Waals surface area (Å²) in [6.07, 6.45) is -4.32. The van der Waals surface area contributed by atoms with Crippen molar-refractivity contribution >= 4 is 6.34 Å². The molecule has 1 atom stereocenters. The number of rotatable bonds is 0. The summed E-state index contributed by atoms with van der Waals surface area (Å²) in [5.74, 6) is 0. The minimum absolute atomic E-state index is 0.326. The Morgan fingerprint density at radius 2 is 1.71 bits per heavy atom. The summed E-state index contributed by atoms with van der Waals surface area (Å²) < 4.78 is 37.6. The molecular weight excluding hydrogens is 195 g/mol. The first-order chi connectivity index (χ1) is 6.14. The van der Waals surface area contributed by atoms with Gasteiger partial charge >= 0.3 is 6.30 Å². The van der Waals surface area contributed by atoms with E-state index in [4.69, 9.17) is 0 Å². The van der Waals surface area contributed by atoms with Gasteiger partial charge in [-0.1, -0.05) is 20.8 Å². The van der Waals surface area contributed by atoms with Crippen molar-refractivity contribution in [2.24, 2.45) is 10.5 Å². The van der Waals surface area contributed by atoms with E-state index < -0.39 is 17.9 Å². The van der Waals surface area contributed by atoms with Crippen LogP contribution >= 0.6 is 0 Å². The third-order valence-corrected chi connectivity index (χ3v) is 2.04. The number of hydrazone groups is 1. The summed E-state index contributed by atoms with van der Waals surface area (Å²) in [5, 5.41) is 4.97. The Kier molecular flexibility index (Phi) is 2.41. The van der Waals surface area contributed by atoms with Gasteiger partial charge in [0.05, 0.1) is 0 Å². The zero-order valence-corrected chi connectivity index (χ0v) is 8.63. The predicted molar refractivity (Wildman–Crippen MR) is 47.4 cm³/mol. The van der Waals surface area contributed by atoms with E-state index in [2.05, 4.69) is 5.10 Å². The molecule has 1 aliphatic rings. The van der Waals surface area contributed by atoms with Crippen LogP contribution in [-0.2, 0) is 0 Å². The Morgan fingerprint density at radius 1 is 1.21 bits per heavy atom. The third-order valence-electron chi connectivity index (χ3n) is 2.04. The van der Waals surface area contributed by atoms with Gasteiger partial charge in [-0.15, -0.1) is 13.2 Å². The molecule has 0 aliphatic carbocycles. The summed E-state index contributed by atoms with van der Waals surface area (Å²) in [7, 11) is 1.54. The van der Waals surface area contributed by atoms with Crippen LogP contribution in [0.1, 0.15) is 20.8 Å². The van der Waals surface area contributed by atoms with Crippen LogP contribution in [0.5, 0.6) is 0 Å². The molecule has 0 aromatic rings. The predicted octanol–water partition coefficient (Wildman–Crippen LogP) is 2.07. The molecule has 6 heteroatoms. The van der Waals surface area contributed by atoms with Crippen LogP contribution in [0.3, 0.4) is 0 Å². The highest BCUT2D eigenvalue weighted by atomic mass is 19.4. The largest absolute Gasteiger partial charge is 0.487 e.